The van der Waals surface area contributed by atoms with Crippen LogP contribution in [-0.2, 0) is 19.4 Å². The second-order valence-corrected chi connectivity index (χ2v) is 8.56. The van der Waals surface area contributed by atoms with Crippen molar-refractivity contribution < 1.29 is 18.6 Å². The molecule has 0 atom stereocenters. The highest BCUT2D eigenvalue weighted by Gasteiger charge is 2.19. The number of nitrogens with zero attached hydrogens (tertiary/aromatic N) is 3. The third-order valence-electron chi connectivity index (χ3n) is 6.48. The monoisotopic (exact) mass is 471 g/mol. The van der Waals surface area contributed by atoms with E-state index in [4.69, 9.17) is 18.6 Å². The van der Waals surface area contributed by atoms with E-state index in [-0.39, 0.29) is 0 Å². The lowest BCUT2D eigenvalue weighted by Crippen LogP contribution is -2.32. The van der Waals surface area contributed by atoms with Gasteiger partial charge >= 0.3 is 0 Å². The number of rotatable bonds is 8. The minimum atomic E-state index is 0.446. The molecular weight excluding hydrogens is 442 g/mol. The highest BCUT2D eigenvalue weighted by Crippen LogP contribution is 2.33. The molecule has 4 aromatic rings. The third kappa shape index (κ3) is 4.86. The molecule has 0 N–H and O–H groups in total. The number of methoxy groups -OCH3 is 3. The molecule has 7 nitrogen and oxygen atoms in total. The Morgan fingerprint density at radius 3 is 2.23 bits per heavy atom. The molecule has 0 amide bonds. The Bertz CT molecular complexity index is 1300. The Balaban J connectivity index is 1.22. The average molecular weight is 472 g/mol. The van der Waals surface area contributed by atoms with Gasteiger partial charge in [-0.25, -0.2) is 0 Å². The van der Waals surface area contributed by atoms with Gasteiger partial charge in [-0.2, -0.15) is 0 Å². The summed E-state index contributed by atoms with van der Waals surface area (Å²) in [6, 6.07) is 20.2. The zero-order valence-corrected chi connectivity index (χ0v) is 20.3. The van der Waals surface area contributed by atoms with Crippen molar-refractivity contribution in [1.29, 1.82) is 0 Å². The van der Waals surface area contributed by atoms with Gasteiger partial charge in [-0.15, -0.1) is 10.2 Å². The van der Waals surface area contributed by atoms with Crippen LogP contribution < -0.4 is 14.2 Å². The van der Waals surface area contributed by atoms with Crippen molar-refractivity contribution >= 4 is 0 Å². The molecule has 0 radical (unpaired) electrons. The van der Waals surface area contributed by atoms with Crippen LogP contribution in [0, 0.1) is 0 Å². The fourth-order valence-electron chi connectivity index (χ4n) is 4.50. The van der Waals surface area contributed by atoms with Gasteiger partial charge in [-0.1, -0.05) is 24.3 Å². The minimum Gasteiger partial charge on any atom is -0.496 e. The quantitative estimate of drug-likeness (QED) is 0.357. The normalized spacial score (nSPS) is 13.3. The summed E-state index contributed by atoms with van der Waals surface area (Å²) in [4.78, 5) is 2.49. The minimum absolute atomic E-state index is 0.446. The van der Waals surface area contributed by atoms with E-state index < -0.39 is 0 Å². The predicted molar refractivity (Wildman–Crippen MR) is 134 cm³/mol. The highest BCUT2D eigenvalue weighted by atomic mass is 16.5. The summed E-state index contributed by atoms with van der Waals surface area (Å²) < 4.78 is 22.3. The van der Waals surface area contributed by atoms with Crippen LogP contribution in [0.3, 0.4) is 0 Å². The summed E-state index contributed by atoms with van der Waals surface area (Å²) in [6.45, 7) is 2.95. The van der Waals surface area contributed by atoms with E-state index >= 15 is 0 Å². The third-order valence-corrected chi connectivity index (χ3v) is 6.48. The number of fused-ring (bicyclic) bond motifs is 1. The lowest BCUT2D eigenvalue weighted by Gasteiger charge is -2.29. The maximum absolute atomic E-state index is 5.93. The van der Waals surface area contributed by atoms with Crippen LogP contribution in [0.5, 0.6) is 17.2 Å². The number of ether oxygens (including phenoxy) is 3. The van der Waals surface area contributed by atoms with Gasteiger partial charge < -0.3 is 18.6 Å². The number of aromatic nitrogens is 2. The fraction of sp³-hybridized carbons (Fsp3) is 0.286. The van der Waals surface area contributed by atoms with Gasteiger partial charge in [0, 0.05) is 25.2 Å². The van der Waals surface area contributed by atoms with Crippen LogP contribution in [0.1, 0.15) is 16.7 Å². The molecule has 2 heterocycles. The Labute approximate surface area is 205 Å². The molecule has 180 valence electrons. The van der Waals surface area contributed by atoms with Gasteiger partial charge in [0.25, 0.3) is 5.89 Å². The van der Waals surface area contributed by atoms with Crippen molar-refractivity contribution in [1.82, 2.24) is 15.1 Å². The second kappa shape index (κ2) is 10.2. The van der Waals surface area contributed by atoms with Crippen LogP contribution in [-0.4, -0.2) is 49.5 Å². The van der Waals surface area contributed by atoms with Gasteiger partial charge in [-0.3, -0.25) is 4.90 Å². The lowest BCUT2D eigenvalue weighted by atomic mass is 9.98. The Morgan fingerprint density at radius 2 is 1.49 bits per heavy atom. The molecule has 0 saturated carbocycles. The molecule has 0 bridgehead atoms. The molecule has 1 aliphatic rings. The van der Waals surface area contributed by atoms with E-state index in [0.717, 1.165) is 55.1 Å². The number of hydrogen-bond donors (Lipinski definition) is 0. The molecule has 3 aromatic carbocycles. The Kier molecular flexibility index (Phi) is 6.68. The maximum atomic E-state index is 5.93. The molecule has 0 spiro atoms. The molecule has 7 heteroatoms. The maximum Gasteiger partial charge on any atom is 0.251 e. The molecule has 0 fully saturated rings. The predicted octanol–water partition coefficient (Wildman–Crippen LogP) is 5.03. The molecule has 35 heavy (non-hydrogen) atoms. The number of para-hydroxylation sites is 1. The fourth-order valence-corrected chi connectivity index (χ4v) is 4.50. The second-order valence-electron chi connectivity index (χ2n) is 8.56. The van der Waals surface area contributed by atoms with E-state index in [1.807, 2.05) is 36.4 Å². The first-order valence-corrected chi connectivity index (χ1v) is 11.7. The lowest BCUT2D eigenvalue weighted by molar-refractivity contribution is 0.255. The summed E-state index contributed by atoms with van der Waals surface area (Å²) in [5.74, 6) is 3.24. The van der Waals surface area contributed by atoms with Crippen molar-refractivity contribution in [2.45, 2.75) is 19.4 Å². The van der Waals surface area contributed by atoms with E-state index in [1.165, 1.54) is 16.7 Å². The molecule has 0 unspecified atom stereocenters. The summed E-state index contributed by atoms with van der Waals surface area (Å²) in [5, 5.41) is 8.45. The first-order chi connectivity index (χ1) is 17.2. The van der Waals surface area contributed by atoms with Crippen molar-refractivity contribution in [2.24, 2.45) is 0 Å². The first kappa shape index (κ1) is 22.9. The van der Waals surface area contributed by atoms with E-state index in [1.54, 1.807) is 21.3 Å². The van der Waals surface area contributed by atoms with Crippen LogP contribution in [0.25, 0.3) is 22.9 Å². The number of hydrogen-bond acceptors (Lipinski definition) is 7. The van der Waals surface area contributed by atoms with Gasteiger partial charge in [-0.05, 0) is 65.9 Å². The Hall–Kier alpha value is -3.84. The summed E-state index contributed by atoms with van der Waals surface area (Å²) in [7, 11) is 5.00. The van der Waals surface area contributed by atoms with Crippen molar-refractivity contribution in [3.8, 4) is 40.2 Å². The summed E-state index contributed by atoms with van der Waals surface area (Å²) >= 11 is 0. The first-order valence-electron chi connectivity index (χ1n) is 11.7. The van der Waals surface area contributed by atoms with Gasteiger partial charge in [0.15, 0.2) is 11.5 Å². The highest BCUT2D eigenvalue weighted by molar-refractivity contribution is 5.64. The summed E-state index contributed by atoms with van der Waals surface area (Å²) in [6.07, 6.45) is 1.99. The van der Waals surface area contributed by atoms with Gasteiger partial charge in [0.2, 0.25) is 5.89 Å². The van der Waals surface area contributed by atoms with Gasteiger partial charge in [0.05, 0.1) is 26.9 Å². The molecule has 1 aliphatic heterocycles. The average Bonchev–Trinajstić information content (AvgIpc) is 3.41. The standard InChI is InChI=1S/C28H29N3O4/c1-32-24-7-5-4-6-23(24)28-30-29-27(35-28)20-10-8-19(9-11-20)12-14-31-15-13-21-16-25(33-2)26(34-3)17-22(21)18-31/h4-11,16-17H,12-15,18H2,1-3H3. The van der Waals surface area contributed by atoms with Crippen LogP contribution in [0.4, 0.5) is 0 Å². The summed E-state index contributed by atoms with van der Waals surface area (Å²) in [5.41, 5.74) is 5.61. The molecule has 1 aromatic heterocycles. The molecule has 0 saturated heterocycles. The van der Waals surface area contributed by atoms with Crippen LogP contribution in [0.15, 0.2) is 65.1 Å². The van der Waals surface area contributed by atoms with Crippen LogP contribution in [0.2, 0.25) is 0 Å². The smallest absolute Gasteiger partial charge is 0.251 e. The van der Waals surface area contributed by atoms with Crippen molar-refractivity contribution in [3.63, 3.8) is 0 Å². The largest absolute Gasteiger partial charge is 0.496 e. The molecule has 5 rings (SSSR count). The van der Waals surface area contributed by atoms with Crippen molar-refractivity contribution in [2.75, 3.05) is 34.4 Å². The van der Waals surface area contributed by atoms with Crippen LogP contribution >= 0.6 is 0 Å². The zero-order chi connectivity index (χ0) is 24.2. The zero-order valence-electron chi connectivity index (χ0n) is 20.3. The SMILES string of the molecule is COc1cc2c(cc1OC)CN(CCc1ccc(-c3nnc(-c4ccccc4OC)o3)cc1)CC2. The Morgan fingerprint density at radius 1 is 0.800 bits per heavy atom. The number of benzene rings is 3. The van der Waals surface area contributed by atoms with Gasteiger partial charge in [0.1, 0.15) is 5.75 Å². The van der Waals surface area contributed by atoms with E-state index in [9.17, 15) is 0 Å². The van der Waals surface area contributed by atoms with E-state index in [0.29, 0.717) is 17.5 Å². The molecule has 0 aliphatic carbocycles. The topological polar surface area (TPSA) is 69.9 Å². The van der Waals surface area contributed by atoms with Crippen molar-refractivity contribution in [3.05, 3.63) is 77.4 Å². The molecular formula is C28H29N3O4. The van der Waals surface area contributed by atoms with E-state index in [2.05, 4.69) is 39.4 Å².